The minimum absolute atomic E-state index is 0.141. The van der Waals surface area contributed by atoms with Crippen molar-refractivity contribution in [3.05, 3.63) is 87.4 Å². The number of hydrogen-bond acceptors (Lipinski definition) is 4. The number of benzene rings is 1. The van der Waals surface area contributed by atoms with Crippen molar-refractivity contribution in [2.45, 2.75) is 6.61 Å². The largest absolute Gasteiger partial charge is 0.483 e. The van der Waals surface area contributed by atoms with Crippen molar-refractivity contribution in [1.82, 2.24) is 9.55 Å². The molecule has 2 heterocycles. The van der Waals surface area contributed by atoms with Crippen LogP contribution >= 0.6 is 11.6 Å². The Hall–Kier alpha value is -3.12. The van der Waals surface area contributed by atoms with Gasteiger partial charge in [-0.15, -0.1) is 0 Å². The van der Waals surface area contributed by atoms with E-state index in [2.05, 4.69) is 10.3 Å². The number of nitrogens with one attached hydrogen (secondary N) is 1. The maximum Gasteiger partial charge on any atom is 0.273 e. The zero-order valence-electron chi connectivity index (χ0n) is 14.0. The number of nitrogens with zero attached hydrogens (tertiary/aromatic N) is 2. The van der Waals surface area contributed by atoms with Gasteiger partial charge >= 0.3 is 0 Å². The molecule has 0 radical (unpaired) electrons. The molecule has 1 amide bonds. The van der Waals surface area contributed by atoms with E-state index in [9.17, 15) is 9.59 Å². The van der Waals surface area contributed by atoms with Crippen molar-refractivity contribution in [2.24, 2.45) is 7.05 Å². The minimum Gasteiger partial charge on any atom is -0.483 e. The summed E-state index contributed by atoms with van der Waals surface area (Å²) in [6, 6.07) is 13.6. The first-order valence-electron chi connectivity index (χ1n) is 7.84. The van der Waals surface area contributed by atoms with E-state index in [1.165, 1.54) is 16.8 Å². The highest BCUT2D eigenvalue weighted by atomic mass is 35.5. The van der Waals surface area contributed by atoms with Gasteiger partial charge in [0.15, 0.2) is 5.75 Å². The second-order valence-electron chi connectivity index (χ2n) is 5.55. The number of anilines is 1. The second-order valence-corrected chi connectivity index (χ2v) is 5.95. The molecule has 0 saturated carbocycles. The van der Waals surface area contributed by atoms with Crippen LogP contribution in [0.25, 0.3) is 0 Å². The summed E-state index contributed by atoms with van der Waals surface area (Å²) in [5, 5.41) is 3.21. The zero-order valence-corrected chi connectivity index (χ0v) is 14.7. The molecule has 7 heteroatoms. The quantitative estimate of drug-likeness (QED) is 0.749. The molecule has 6 nitrogen and oxygen atoms in total. The Kier molecular flexibility index (Phi) is 5.34. The Morgan fingerprint density at radius 2 is 2.00 bits per heavy atom. The van der Waals surface area contributed by atoms with Crippen molar-refractivity contribution in [3.8, 4) is 5.75 Å². The number of carbonyl (C=O) groups is 1. The molecule has 0 bridgehead atoms. The van der Waals surface area contributed by atoms with Gasteiger partial charge in [0, 0.05) is 29.9 Å². The number of hydrogen-bond donors (Lipinski definition) is 1. The summed E-state index contributed by atoms with van der Waals surface area (Å²) >= 11 is 6.08. The maximum absolute atomic E-state index is 12.4. The molecule has 3 rings (SSSR count). The molecule has 0 aliphatic carbocycles. The van der Waals surface area contributed by atoms with E-state index in [1.807, 2.05) is 18.2 Å². The van der Waals surface area contributed by atoms with Crippen LogP contribution in [0.1, 0.15) is 16.1 Å². The fraction of sp³-hybridized carbons (Fsp3) is 0.105. The van der Waals surface area contributed by atoms with Crippen LogP contribution in [0, 0.1) is 0 Å². The molecule has 132 valence electrons. The lowest BCUT2D eigenvalue weighted by molar-refractivity contribution is 0.101. The van der Waals surface area contributed by atoms with Gasteiger partial charge in [0.05, 0.1) is 6.20 Å². The number of halogens is 1. The monoisotopic (exact) mass is 369 g/mol. The van der Waals surface area contributed by atoms with Gasteiger partial charge in [0.2, 0.25) is 5.43 Å². The van der Waals surface area contributed by atoms with Crippen molar-refractivity contribution >= 4 is 23.3 Å². The third-order valence-electron chi connectivity index (χ3n) is 3.68. The summed E-state index contributed by atoms with van der Waals surface area (Å²) in [4.78, 5) is 28.7. The van der Waals surface area contributed by atoms with Crippen LogP contribution in [-0.4, -0.2) is 15.5 Å². The highest BCUT2D eigenvalue weighted by Crippen LogP contribution is 2.17. The summed E-state index contributed by atoms with van der Waals surface area (Å²) in [5.41, 5.74) is 0.584. The van der Waals surface area contributed by atoms with Crippen molar-refractivity contribution in [1.29, 1.82) is 0 Å². The molecule has 0 unspecified atom stereocenters. The van der Waals surface area contributed by atoms with Crippen LogP contribution < -0.4 is 15.5 Å². The van der Waals surface area contributed by atoms with Crippen LogP contribution in [0.2, 0.25) is 5.02 Å². The first kappa shape index (κ1) is 17.7. The van der Waals surface area contributed by atoms with Crippen molar-refractivity contribution < 1.29 is 9.53 Å². The average Bonchev–Trinajstić information content (AvgIpc) is 2.64. The second kappa shape index (κ2) is 7.84. The molecular formula is C19H16ClN3O3. The Morgan fingerprint density at radius 3 is 2.73 bits per heavy atom. The molecule has 26 heavy (non-hydrogen) atoms. The summed E-state index contributed by atoms with van der Waals surface area (Å²) in [5.74, 6) is 0.117. The number of pyridine rings is 2. The predicted molar refractivity (Wildman–Crippen MR) is 99.7 cm³/mol. The van der Waals surface area contributed by atoms with Gasteiger partial charge in [0.1, 0.15) is 18.1 Å². The standard InChI is InChI=1S/C19H16ClN3O3/c1-23-11-17(26-12-13-6-2-3-7-14(13)20)16(24)10-15(23)19(25)22-18-8-4-5-9-21-18/h2-11H,12H2,1H3,(H,21,22,25). The molecule has 0 saturated heterocycles. The number of rotatable bonds is 5. The Morgan fingerprint density at radius 1 is 1.23 bits per heavy atom. The molecule has 0 fully saturated rings. The fourth-order valence-corrected chi connectivity index (χ4v) is 2.52. The third-order valence-corrected chi connectivity index (χ3v) is 4.05. The van der Waals surface area contributed by atoms with Gasteiger partial charge < -0.3 is 14.6 Å². The molecular weight excluding hydrogens is 354 g/mol. The number of carbonyl (C=O) groups excluding carboxylic acids is 1. The molecule has 0 aliphatic rings. The lowest BCUT2D eigenvalue weighted by Gasteiger charge is -2.12. The SMILES string of the molecule is Cn1cc(OCc2ccccc2Cl)c(=O)cc1C(=O)Nc1ccccn1. The van der Waals surface area contributed by atoms with Gasteiger partial charge in [-0.05, 0) is 18.2 Å². The Bertz CT molecular complexity index is 987. The molecule has 0 spiro atoms. The summed E-state index contributed by atoms with van der Waals surface area (Å²) in [7, 11) is 1.66. The van der Waals surface area contributed by atoms with E-state index < -0.39 is 5.91 Å². The van der Waals surface area contributed by atoms with Gasteiger partial charge in [-0.2, -0.15) is 0 Å². The fourth-order valence-electron chi connectivity index (χ4n) is 2.33. The summed E-state index contributed by atoms with van der Waals surface area (Å²) in [6.45, 7) is 0.161. The summed E-state index contributed by atoms with van der Waals surface area (Å²) in [6.07, 6.45) is 3.05. The average molecular weight is 370 g/mol. The molecule has 0 aliphatic heterocycles. The third kappa shape index (κ3) is 4.10. The van der Waals surface area contributed by atoms with E-state index in [0.29, 0.717) is 10.8 Å². The van der Waals surface area contributed by atoms with Gasteiger partial charge in [0.25, 0.3) is 5.91 Å². The number of amides is 1. The van der Waals surface area contributed by atoms with E-state index in [0.717, 1.165) is 5.56 Å². The first-order chi connectivity index (χ1) is 12.5. The lowest BCUT2D eigenvalue weighted by Crippen LogP contribution is -2.22. The molecule has 1 aromatic carbocycles. The number of aryl methyl sites for hydroxylation is 1. The normalized spacial score (nSPS) is 10.4. The molecule has 3 aromatic rings. The van der Waals surface area contributed by atoms with E-state index in [-0.39, 0.29) is 23.5 Å². The molecule has 2 aromatic heterocycles. The van der Waals surface area contributed by atoms with Crippen molar-refractivity contribution in [2.75, 3.05) is 5.32 Å². The first-order valence-corrected chi connectivity index (χ1v) is 8.21. The zero-order chi connectivity index (χ0) is 18.5. The van der Waals surface area contributed by atoms with Crippen molar-refractivity contribution in [3.63, 3.8) is 0 Å². The molecule has 0 atom stereocenters. The van der Waals surface area contributed by atoms with E-state index >= 15 is 0 Å². The Labute approximate surface area is 155 Å². The highest BCUT2D eigenvalue weighted by Gasteiger charge is 2.13. The number of aromatic nitrogens is 2. The van der Waals surface area contributed by atoms with Crippen LogP contribution in [0.15, 0.2) is 65.7 Å². The van der Waals surface area contributed by atoms with Gasteiger partial charge in [-0.1, -0.05) is 35.9 Å². The maximum atomic E-state index is 12.4. The molecule has 1 N–H and O–H groups in total. The summed E-state index contributed by atoms with van der Waals surface area (Å²) < 4.78 is 7.11. The topological polar surface area (TPSA) is 73.2 Å². The van der Waals surface area contributed by atoms with Crippen LogP contribution in [0.5, 0.6) is 5.75 Å². The van der Waals surface area contributed by atoms with Crippen LogP contribution in [0.3, 0.4) is 0 Å². The smallest absolute Gasteiger partial charge is 0.273 e. The lowest BCUT2D eigenvalue weighted by atomic mass is 10.2. The van der Waals surface area contributed by atoms with E-state index in [4.69, 9.17) is 16.3 Å². The highest BCUT2D eigenvalue weighted by molar-refractivity contribution is 6.31. The predicted octanol–water partition coefficient (Wildman–Crippen LogP) is 3.27. The Balaban J connectivity index is 1.77. The van der Waals surface area contributed by atoms with Crippen LogP contribution in [0.4, 0.5) is 5.82 Å². The van der Waals surface area contributed by atoms with Gasteiger partial charge in [-0.25, -0.2) is 4.98 Å². The van der Waals surface area contributed by atoms with Gasteiger partial charge in [-0.3, -0.25) is 9.59 Å². The minimum atomic E-state index is -0.430. The number of ether oxygens (including phenoxy) is 1. The van der Waals surface area contributed by atoms with E-state index in [1.54, 1.807) is 37.5 Å². The van der Waals surface area contributed by atoms with Crippen LogP contribution in [-0.2, 0) is 13.7 Å².